The second-order valence-electron chi connectivity index (χ2n) is 4.74. The van der Waals surface area contributed by atoms with Gasteiger partial charge in [-0.25, -0.2) is 0 Å². The van der Waals surface area contributed by atoms with Crippen molar-refractivity contribution >= 4 is 28.3 Å². The van der Waals surface area contributed by atoms with E-state index < -0.39 is 0 Å². The summed E-state index contributed by atoms with van der Waals surface area (Å²) in [6, 6.07) is 0.425. The molecule has 0 saturated heterocycles. The van der Waals surface area contributed by atoms with Crippen LogP contribution in [0.15, 0.2) is 0 Å². The molecule has 1 aromatic heterocycles. The van der Waals surface area contributed by atoms with Gasteiger partial charge in [-0.1, -0.05) is 6.92 Å². The quantitative estimate of drug-likeness (QED) is 0.859. The molecule has 0 saturated carbocycles. The third-order valence-corrected chi connectivity index (χ3v) is 3.87. The van der Waals surface area contributed by atoms with Gasteiger partial charge in [-0.2, -0.15) is 4.37 Å². The summed E-state index contributed by atoms with van der Waals surface area (Å²) < 4.78 is 4.10. The summed E-state index contributed by atoms with van der Waals surface area (Å²) >= 11 is 1.27. The van der Waals surface area contributed by atoms with Gasteiger partial charge >= 0.3 is 0 Å². The molecule has 3 N–H and O–H groups in total. The zero-order chi connectivity index (χ0) is 13.9. The number of hydrogen-bond acceptors (Lipinski definition) is 5. The fourth-order valence-corrected chi connectivity index (χ4v) is 2.43. The van der Waals surface area contributed by atoms with E-state index in [0.29, 0.717) is 17.4 Å². The number of hydrogen-bond donors (Lipinski definition) is 2. The Morgan fingerprint density at radius 2 is 2.11 bits per heavy atom. The predicted octanol–water partition coefficient (Wildman–Crippen LogP) is 2.10. The molecule has 1 heterocycles. The summed E-state index contributed by atoms with van der Waals surface area (Å²) in [5.74, 6) is 0.157. The minimum absolute atomic E-state index is 0.0820. The standard InChI is InChI=1S/C12H22N4OS/c1-6-8(4)16(5)12-9(10(13)15-18-12)11(17)14-7(2)3/h7-8H,6H2,1-5H3,(H2,13,15)(H,14,17). The summed E-state index contributed by atoms with van der Waals surface area (Å²) in [5.41, 5.74) is 6.31. The zero-order valence-electron chi connectivity index (χ0n) is 11.7. The molecule has 1 aromatic rings. The van der Waals surface area contributed by atoms with E-state index in [-0.39, 0.29) is 11.9 Å². The highest BCUT2D eigenvalue weighted by Crippen LogP contribution is 2.31. The first-order valence-corrected chi connectivity index (χ1v) is 6.94. The fourth-order valence-electron chi connectivity index (χ4n) is 1.56. The van der Waals surface area contributed by atoms with Crippen molar-refractivity contribution in [3.05, 3.63) is 5.56 Å². The van der Waals surface area contributed by atoms with E-state index in [1.54, 1.807) is 0 Å². The Morgan fingerprint density at radius 1 is 1.50 bits per heavy atom. The van der Waals surface area contributed by atoms with Gasteiger partial charge in [-0.05, 0) is 38.7 Å². The Kier molecular flexibility index (Phi) is 4.95. The van der Waals surface area contributed by atoms with Gasteiger partial charge in [0, 0.05) is 19.1 Å². The summed E-state index contributed by atoms with van der Waals surface area (Å²) in [4.78, 5) is 14.2. The van der Waals surface area contributed by atoms with Crippen LogP contribution in [0.25, 0.3) is 0 Å². The maximum absolute atomic E-state index is 12.1. The van der Waals surface area contributed by atoms with Gasteiger partial charge in [-0.15, -0.1) is 0 Å². The smallest absolute Gasteiger partial charge is 0.258 e. The molecule has 0 bridgehead atoms. The number of carbonyl (C=O) groups is 1. The summed E-state index contributed by atoms with van der Waals surface area (Å²) in [5, 5.41) is 3.69. The van der Waals surface area contributed by atoms with Crippen molar-refractivity contribution in [1.82, 2.24) is 9.69 Å². The van der Waals surface area contributed by atoms with Gasteiger partial charge in [0.15, 0.2) is 5.82 Å². The van der Waals surface area contributed by atoms with Crippen molar-refractivity contribution in [1.29, 1.82) is 0 Å². The number of rotatable bonds is 5. The van der Waals surface area contributed by atoms with E-state index in [0.717, 1.165) is 11.4 Å². The van der Waals surface area contributed by atoms with E-state index in [2.05, 4.69) is 28.4 Å². The second kappa shape index (κ2) is 6.04. The normalized spacial score (nSPS) is 12.6. The lowest BCUT2D eigenvalue weighted by Gasteiger charge is -2.25. The van der Waals surface area contributed by atoms with Crippen molar-refractivity contribution in [2.45, 2.75) is 46.2 Å². The topological polar surface area (TPSA) is 71.2 Å². The fraction of sp³-hybridized carbons (Fsp3) is 0.667. The van der Waals surface area contributed by atoms with E-state index in [1.807, 2.05) is 20.9 Å². The number of nitrogens with one attached hydrogen (secondary N) is 1. The minimum Gasteiger partial charge on any atom is -0.382 e. The molecule has 0 fully saturated rings. The maximum atomic E-state index is 12.1. The predicted molar refractivity (Wildman–Crippen MR) is 77.3 cm³/mol. The van der Waals surface area contributed by atoms with E-state index in [1.165, 1.54) is 11.5 Å². The molecule has 102 valence electrons. The number of nitrogens with zero attached hydrogens (tertiary/aromatic N) is 2. The maximum Gasteiger partial charge on any atom is 0.258 e. The lowest BCUT2D eigenvalue weighted by Crippen LogP contribution is -2.33. The molecular formula is C12H22N4OS. The van der Waals surface area contributed by atoms with Crippen molar-refractivity contribution in [3.63, 3.8) is 0 Å². The summed E-state index contributed by atoms with van der Waals surface area (Å²) in [6.45, 7) is 8.07. The molecule has 0 aliphatic rings. The Balaban J connectivity index is 3.04. The highest BCUT2D eigenvalue weighted by molar-refractivity contribution is 7.11. The van der Waals surface area contributed by atoms with Crippen molar-refractivity contribution in [2.24, 2.45) is 0 Å². The number of aromatic nitrogens is 1. The second-order valence-corrected chi connectivity index (χ2v) is 5.50. The molecule has 1 atom stereocenters. The molecule has 0 aromatic carbocycles. The molecule has 1 unspecified atom stereocenters. The Hall–Kier alpha value is -1.30. The van der Waals surface area contributed by atoms with Crippen LogP contribution in [-0.4, -0.2) is 29.4 Å². The minimum atomic E-state index is -0.151. The van der Waals surface area contributed by atoms with Crippen LogP contribution >= 0.6 is 11.5 Å². The summed E-state index contributed by atoms with van der Waals surface area (Å²) in [7, 11) is 1.97. The van der Waals surface area contributed by atoms with Crippen LogP contribution < -0.4 is 16.0 Å². The van der Waals surface area contributed by atoms with Crippen LogP contribution in [0.5, 0.6) is 0 Å². The van der Waals surface area contributed by atoms with E-state index in [4.69, 9.17) is 5.73 Å². The van der Waals surface area contributed by atoms with Gasteiger partial charge in [0.05, 0.1) is 0 Å². The van der Waals surface area contributed by atoms with Gasteiger partial charge in [0.2, 0.25) is 0 Å². The largest absolute Gasteiger partial charge is 0.382 e. The zero-order valence-corrected chi connectivity index (χ0v) is 12.5. The number of anilines is 2. The van der Waals surface area contributed by atoms with Crippen molar-refractivity contribution in [2.75, 3.05) is 17.7 Å². The Labute approximate surface area is 113 Å². The monoisotopic (exact) mass is 270 g/mol. The van der Waals surface area contributed by atoms with Gasteiger partial charge < -0.3 is 16.0 Å². The van der Waals surface area contributed by atoms with Crippen LogP contribution in [0.1, 0.15) is 44.5 Å². The average Bonchev–Trinajstić information content (AvgIpc) is 2.68. The molecule has 1 rings (SSSR count). The molecular weight excluding hydrogens is 248 g/mol. The molecule has 1 amide bonds. The lowest BCUT2D eigenvalue weighted by atomic mass is 10.2. The Morgan fingerprint density at radius 3 is 2.61 bits per heavy atom. The Bertz CT molecular complexity index is 416. The summed E-state index contributed by atoms with van der Waals surface area (Å²) in [6.07, 6.45) is 1.000. The molecule has 6 heteroatoms. The van der Waals surface area contributed by atoms with Crippen molar-refractivity contribution < 1.29 is 4.79 Å². The number of nitrogen functional groups attached to an aromatic ring is 1. The van der Waals surface area contributed by atoms with Crippen LogP contribution in [-0.2, 0) is 0 Å². The van der Waals surface area contributed by atoms with Gasteiger partial charge in [0.25, 0.3) is 5.91 Å². The first-order valence-electron chi connectivity index (χ1n) is 6.17. The van der Waals surface area contributed by atoms with Crippen LogP contribution in [0, 0.1) is 0 Å². The SMILES string of the molecule is CCC(C)N(C)c1snc(N)c1C(=O)NC(C)C. The molecule has 0 aliphatic heterocycles. The number of carbonyl (C=O) groups excluding carboxylic acids is 1. The lowest BCUT2D eigenvalue weighted by molar-refractivity contribution is 0.0944. The molecule has 0 aliphatic carbocycles. The highest BCUT2D eigenvalue weighted by Gasteiger charge is 2.23. The third-order valence-electron chi connectivity index (χ3n) is 2.92. The first-order chi connectivity index (χ1) is 8.38. The highest BCUT2D eigenvalue weighted by atomic mass is 32.1. The molecule has 0 radical (unpaired) electrons. The van der Waals surface area contributed by atoms with Gasteiger partial charge in [-0.3, -0.25) is 4.79 Å². The van der Waals surface area contributed by atoms with Crippen LogP contribution in [0.2, 0.25) is 0 Å². The molecule has 0 spiro atoms. The molecule has 5 nitrogen and oxygen atoms in total. The van der Waals surface area contributed by atoms with Crippen molar-refractivity contribution in [3.8, 4) is 0 Å². The van der Waals surface area contributed by atoms with E-state index >= 15 is 0 Å². The third kappa shape index (κ3) is 3.13. The average molecular weight is 270 g/mol. The van der Waals surface area contributed by atoms with E-state index in [9.17, 15) is 4.79 Å². The molecule has 18 heavy (non-hydrogen) atoms. The number of amides is 1. The number of nitrogens with two attached hydrogens (primary N) is 1. The first kappa shape index (κ1) is 14.8. The van der Waals surface area contributed by atoms with Gasteiger partial charge in [0.1, 0.15) is 10.6 Å². The van der Waals surface area contributed by atoms with Crippen LogP contribution in [0.3, 0.4) is 0 Å². The van der Waals surface area contributed by atoms with Crippen LogP contribution in [0.4, 0.5) is 10.8 Å².